The molecule has 0 bridgehead atoms. The number of anilines is 3. The van der Waals surface area contributed by atoms with Gasteiger partial charge in [0.15, 0.2) is 8.07 Å². The van der Waals surface area contributed by atoms with Gasteiger partial charge in [-0.25, -0.2) is 0 Å². The van der Waals surface area contributed by atoms with Crippen LogP contribution in [0.3, 0.4) is 0 Å². The summed E-state index contributed by atoms with van der Waals surface area (Å²) in [6.45, 7) is 12.0. The lowest BCUT2D eigenvalue weighted by Gasteiger charge is -2.32. The van der Waals surface area contributed by atoms with Crippen LogP contribution in [0.1, 0.15) is 73.6 Å². The van der Waals surface area contributed by atoms with Crippen LogP contribution in [-0.4, -0.2) is 8.07 Å². The van der Waals surface area contributed by atoms with Gasteiger partial charge in [0.05, 0.1) is 0 Å². The SMILES string of the molecule is CC1(C)c2ccc(N(c3ccc4c(c3)C(C)(C)c3ccccc3-4)c3ccc4c(c3)C(C)(c3ccccc3)c3ccccc3-4)cc2-c2ccc(-c3cccc([Si]4(c5ccccc5)c5ccccc5-c5ccccc54)c3)cc21. The highest BCUT2D eigenvalue weighted by Gasteiger charge is 2.49. The summed E-state index contributed by atoms with van der Waals surface area (Å²) in [5, 5.41) is 5.78. The Labute approximate surface area is 448 Å². The average molecular weight is 988 g/mol. The molecule has 0 spiro atoms. The van der Waals surface area contributed by atoms with Crippen molar-refractivity contribution in [2.45, 2.75) is 50.9 Å². The number of rotatable bonds is 7. The molecule has 0 amide bonds. The lowest BCUT2D eigenvalue weighted by Crippen LogP contribution is -2.72. The van der Waals surface area contributed by atoms with Gasteiger partial charge < -0.3 is 4.90 Å². The number of fused-ring (bicyclic) bond motifs is 12. The van der Waals surface area contributed by atoms with E-state index in [1.54, 1.807) is 0 Å². The first kappa shape index (κ1) is 44.9. The zero-order chi connectivity index (χ0) is 51.1. The highest BCUT2D eigenvalue weighted by molar-refractivity contribution is 7.22. The maximum absolute atomic E-state index is 2.65. The maximum Gasteiger partial charge on any atom is 0.180 e. The van der Waals surface area contributed by atoms with Crippen molar-refractivity contribution in [1.29, 1.82) is 0 Å². The van der Waals surface area contributed by atoms with Crippen molar-refractivity contribution in [3.05, 3.63) is 294 Å². The minimum absolute atomic E-state index is 0.145. The second-order valence-corrected chi connectivity index (χ2v) is 26.6. The van der Waals surface area contributed by atoms with Crippen molar-refractivity contribution in [3.8, 4) is 55.6 Å². The zero-order valence-corrected chi connectivity index (χ0v) is 44.7. The van der Waals surface area contributed by atoms with Gasteiger partial charge in [-0.15, -0.1) is 0 Å². The molecule has 0 saturated carbocycles. The average Bonchev–Trinajstić information content (AvgIpc) is 4.23. The van der Waals surface area contributed by atoms with Crippen LogP contribution in [0.15, 0.2) is 255 Å². The number of hydrogen-bond donors (Lipinski definition) is 0. The lowest BCUT2D eigenvalue weighted by molar-refractivity contribution is 0.660. The molecule has 3 aliphatic carbocycles. The molecule has 15 rings (SSSR count). The Morgan fingerprint density at radius 3 is 1.41 bits per heavy atom. The van der Waals surface area contributed by atoms with Crippen molar-refractivity contribution < 1.29 is 0 Å². The van der Waals surface area contributed by atoms with E-state index in [9.17, 15) is 0 Å². The minimum atomic E-state index is -2.65. The van der Waals surface area contributed by atoms with E-state index < -0.39 is 8.07 Å². The largest absolute Gasteiger partial charge is 0.310 e. The second kappa shape index (κ2) is 16.2. The topological polar surface area (TPSA) is 3.24 Å². The van der Waals surface area contributed by atoms with E-state index in [1.807, 2.05) is 0 Å². The van der Waals surface area contributed by atoms with E-state index in [2.05, 4.69) is 294 Å². The van der Waals surface area contributed by atoms with Gasteiger partial charge in [-0.2, -0.15) is 0 Å². The molecule has 11 aromatic carbocycles. The predicted octanol–water partition coefficient (Wildman–Crippen LogP) is 16.1. The molecule has 2 heteroatoms. The molecule has 0 aromatic heterocycles. The van der Waals surface area contributed by atoms with Gasteiger partial charge in [-0.05, 0) is 165 Å². The highest BCUT2D eigenvalue weighted by atomic mass is 28.3. The monoisotopic (exact) mass is 987 g/mol. The van der Waals surface area contributed by atoms with Gasteiger partial charge in [0.1, 0.15) is 0 Å². The summed E-state index contributed by atoms with van der Waals surface area (Å²) in [6.07, 6.45) is 0. The Morgan fingerprint density at radius 1 is 0.276 bits per heavy atom. The molecule has 11 aromatic rings. The molecule has 1 heterocycles. The number of hydrogen-bond acceptors (Lipinski definition) is 1. The normalized spacial score (nSPS) is 16.9. The molecule has 0 radical (unpaired) electrons. The number of benzene rings is 11. The first-order chi connectivity index (χ1) is 37.1. The molecule has 0 saturated heterocycles. The van der Waals surface area contributed by atoms with Crippen molar-refractivity contribution >= 4 is 45.9 Å². The van der Waals surface area contributed by atoms with Crippen LogP contribution < -0.4 is 25.6 Å². The molecule has 0 fully saturated rings. The van der Waals surface area contributed by atoms with Crippen LogP contribution in [0, 0.1) is 0 Å². The minimum Gasteiger partial charge on any atom is -0.310 e. The van der Waals surface area contributed by atoms with E-state index >= 15 is 0 Å². The van der Waals surface area contributed by atoms with Gasteiger partial charge in [-0.1, -0.05) is 240 Å². The van der Waals surface area contributed by atoms with Crippen LogP contribution in [-0.2, 0) is 16.2 Å². The summed E-state index contributed by atoms with van der Waals surface area (Å²) in [4.78, 5) is 2.53. The van der Waals surface area contributed by atoms with Gasteiger partial charge in [-0.3, -0.25) is 0 Å². The third-order valence-electron chi connectivity index (χ3n) is 18.4. The Morgan fingerprint density at radius 2 is 0.724 bits per heavy atom. The van der Waals surface area contributed by atoms with E-state index in [4.69, 9.17) is 0 Å². The van der Waals surface area contributed by atoms with Crippen LogP contribution in [0.4, 0.5) is 17.1 Å². The smallest absolute Gasteiger partial charge is 0.180 e. The zero-order valence-electron chi connectivity index (χ0n) is 43.7. The summed E-state index contributed by atoms with van der Waals surface area (Å²) in [5.74, 6) is 0. The van der Waals surface area contributed by atoms with Crippen molar-refractivity contribution in [2.75, 3.05) is 4.90 Å². The summed E-state index contributed by atoms with van der Waals surface area (Å²) < 4.78 is 0. The first-order valence-corrected chi connectivity index (χ1v) is 29.1. The predicted molar refractivity (Wildman–Crippen MR) is 322 cm³/mol. The fraction of sp³-hybridized carbons (Fsp3) is 0.108. The summed E-state index contributed by atoms with van der Waals surface area (Å²) in [6, 6.07) is 97.4. The van der Waals surface area contributed by atoms with Crippen LogP contribution in [0.25, 0.3) is 55.6 Å². The fourth-order valence-electron chi connectivity index (χ4n) is 14.7. The van der Waals surface area contributed by atoms with Gasteiger partial charge >= 0.3 is 0 Å². The quantitative estimate of drug-likeness (QED) is 0.144. The molecule has 1 unspecified atom stereocenters. The van der Waals surface area contributed by atoms with Crippen LogP contribution >= 0.6 is 0 Å². The van der Waals surface area contributed by atoms with Crippen LogP contribution in [0.5, 0.6) is 0 Å². The van der Waals surface area contributed by atoms with Crippen LogP contribution in [0.2, 0.25) is 0 Å². The van der Waals surface area contributed by atoms with Gasteiger partial charge in [0, 0.05) is 33.3 Å². The third kappa shape index (κ3) is 6.08. The summed E-state index contributed by atoms with van der Waals surface area (Å²) in [5.41, 5.74) is 25.4. The summed E-state index contributed by atoms with van der Waals surface area (Å²) in [7, 11) is -2.65. The van der Waals surface area contributed by atoms with Crippen molar-refractivity contribution in [3.63, 3.8) is 0 Å². The van der Waals surface area contributed by atoms with E-state index in [-0.39, 0.29) is 16.2 Å². The van der Waals surface area contributed by atoms with Gasteiger partial charge in [0.25, 0.3) is 0 Å². The Bertz CT molecular complexity index is 4150. The Kier molecular flexibility index (Phi) is 9.58. The van der Waals surface area contributed by atoms with Gasteiger partial charge in [0.2, 0.25) is 0 Å². The molecule has 1 nitrogen and oxygen atoms in total. The number of nitrogens with zero attached hydrogens (tertiary/aromatic N) is 1. The Balaban J connectivity index is 0.878. The standard InChI is InChI=1S/C74H57NSi/c1-72(2)64-31-16-12-27-56(64)58-40-36-52(46-68(58)72)75(53-37-41-59-57-28-13-17-32-66(57)74(5,69(59)47-53)50-22-8-6-9-23-50)51-38-42-65-63(45-51)60-39-35-49(44-67(60)73(65,3)4)48-21-20-26-55(43-48)76(54-24-10-7-11-25-54)70-33-18-14-29-61(70)62-30-15-19-34-71(62)76/h6-47H,1-5H3. The fourth-order valence-corrected chi connectivity index (χ4v) is 19.9. The second-order valence-electron chi connectivity index (χ2n) is 22.9. The van der Waals surface area contributed by atoms with Crippen molar-refractivity contribution in [2.24, 2.45) is 0 Å². The van der Waals surface area contributed by atoms with Crippen molar-refractivity contribution in [1.82, 2.24) is 0 Å². The van der Waals surface area contributed by atoms with E-state index in [0.29, 0.717) is 0 Å². The molecule has 76 heavy (non-hydrogen) atoms. The molecule has 1 atom stereocenters. The Hall–Kier alpha value is -8.56. The van der Waals surface area contributed by atoms with E-state index in [1.165, 1.54) is 115 Å². The molecule has 4 aliphatic rings. The lowest BCUT2D eigenvalue weighted by atomic mass is 9.74. The summed E-state index contributed by atoms with van der Waals surface area (Å²) >= 11 is 0. The third-order valence-corrected chi connectivity index (χ3v) is 23.3. The molecular weight excluding hydrogens is 931 g/mol. The molecule has 0 N–H and O–H groups in total. The highest BCUT2D eigenvalue weighted by Crippen LogP contribution is 2.57. The molecule has 362 valence electrons. The maximum atomic E-state index is 2.53. The van der Waals surface area contributed by atoms with E-state index in [0.717, 1.165) is 17.1 Å². The first-order valence-electron chi connectivity index (χ1n) is 27.1. The molecule has 1 aliphatic heterocycles. The molecular formula is C74H57NSi.